The van der Waals surface area contributed by atoms with Crippen molar-refractivity contribution in [2.45, 2.75) is 87.6 Å². The van der Waals surface area contributed by atoms with Gasteiger partial charge in [-0.2, -0.15) is 0 Å². The molecule has 3 aromatic rings. The number of hydrogen-bond acceptors (Lipinski definition) is 14. The number of anilines is 4. The van der Waals surface area contributed by atoms with Crippen LogP contribution >= 0.6 is 11.6 Å². The number of fused-ring (bicyclic) bond motifs is 4. The number of carbonyl (C=O) groups excluding carboxylic acids is 2. The van der Waals surface area contributed by atoms with Crippen LogP contribution in [0.15, 0.2) is 36.9 Å². The van der Waals surface area contributed by atoms with Gasteiger partial charge in [0, 0.05) is 54.7 Å². The number of pyridine rings is 2. The van der Waals surface area contributed by atoms with Crippen molar-refractivity contribution in [3.63, 3.8) is 0 Å². The normalized spacial score (nSPS) is 25.6. The number of ether oxygens (including phenoxy) is 3. The van der Waals surface area contributed by atoms with Crippen molar-refractivity contribution in [2.24, 2.45) is 0 Å². The molecule has 4 bridgehead atoms. The Hall–Kier alpha value is -4.27. The van der Waals surface area contributed by atoms with Gasteiger partial charge in [0.25, 0.3) is 0 Å². The SMILES string of the molecule is COC(=O)c1cnc(Cl)cc1NC1CC2CCC(C1)N2C.COC(=O)c1cnc(Nc2cnc(OC)cn2)cc1NC1CC2CCC(C1)N2C. The average Bonchev–Trinajstić information content (AvgIpc) is 3.43. The number of halogens is 1. The third-order valence-corrected chi connectivity index (χ3v) is 10.8. The zero-order chi connectivity index (χ0) is 35.4. The molecule has 268 valence electrons. The molecule has 0 radical (unpaired) electrons. The molecule has 3 aromatic heterocycles. The van der Waals surface area contributed by atoms with Crippen molar-refractivity contribution in [3.05, 3.63) is 53.2 Å². The zero-order valence-corrected chi connectivity index (χ0v) is 29.9. The van der Waals surface area contributed by atoms with Crippen LogP contribution in [0, 0.1) is 0 Å². The van der Waals surface area contributed by atoms with Gasteiger partial charge in [-0.1, -0.05) is 11.6 Å². The summed E-state index contributed by atoms with van der Waals surface area (Å²) < 4.78 is 14.8. The second-order valence-corrected chi connectivity index (χ2v) is 13.8. The molecular weight excluding hydrogens is 662 g/mol. The van der Waals surface area contributed by atoms with E-state index in [1.54, 1.807) is 12.3 Å². The molecule has 0 spiro atoms. The van der Waals surface area contributed by atoms with Crippen LogP contribution in [0.4, 0.5) is 23.0 Å². The van der Waals surface area contributed by atoms with Gasteiger partial charge in [-0.25, -0.2) is 29.5 Å². The molecule has 4 saturated heterocycles. The number of carbonyl (C=O) groups is 2. The van der Waals surface area contributed by atoms with Gasteiger partial charge < -0.3 is 40.0 Å². The highest BCUT2D eigenvalue weighted by atomic mass is 35.5. The first kappa shape index (κ1) is 35.6. The van der Waals surface area contributed by atoms with Gasteiger partial charge in [-0.15, -0.1) is 0 Å². The minimum Gasteiger partial charge on any atom is -0.480 e. The van der Waals surface area contributed by atoms with Gasteiger partial charge in [0.05, 0.1) is 45.1 Å². The minimum absolute atomic E-state index is 0.308. The lowest BCUT2D eigenvalue weighted by molar-refractivity contribution is 0.0592. The fraction of sp³-hybridized carbons (Fsp3) is 0.543. The molecular formula is C35H46ClN9O5. The molecule has 4 unspecified atom stereocenters. The maximum Gasteiger partial charge on any atom is 0.341 e. The van der Waals surface area contributed by atoms with Crippen LogP contribution in [-0.2, 0) is 9.47 Å². The Balaban J connectivity index is 0.000000182. The fourth-order valence-corrected chi connectivity index (χ4v) is 8.01. The Morgan fingerprint density at radius 2 is 1.16 bits per heavy atom. The molecule has 7 rings (SSSR count). The summed E-state index contributed by atoms with van der Waals surface area (Å²) in [5.41, 5.74) is 2.29. The van der Waals surface area contributed by atoms with Crippen LogP contribution in [0.5, 0.6) is 5.88 Å². The summed E-state index contributed by atoms with van der Waals surface area (Å²) in [7, 11) is 8.71. The topological polar surface area (TPSA) is 156 Å². The Morgan fingerprint density at radius 3 is 1.62 bits per heavy atom. The first-order chi connectivity index (χ1) is 24.1. The molecule has 4 fully saturated rings. The molecule has 14 nitrogen and oxygen atoms in total. The molecule has 0 amide bonds. The zero-order valence-electron chi connectivity index (χ0n) is 29.2. The van der Waals surface area contributed by atoms with Crippen molar-refractivity contribution >= 4 is 46.6 Å². The number of esters is 2. The number of nitrogens with zero attached hydrogens (tertiary/aromatic N) is 6. The fourth-order valence-electron chi connectivity index (χ4n) is 7.85. The largest absolute Gasteiger partial charge is 0.480 e. The van der Waals surface area contributed by atoms with E-state index in [1.807, 2.05) is 6.07 Å². The molecule has 0 saturated carbocycles. The molecule has 7 heterocycles. The molecule has 50 heavy (non-hydrogen) atoms. The number of methoxy groups -OCH3 is 3. The predicted octanol–water partition coefficient (Wildman–Crippen LogP) is 5.01. The van der Waals surface area contributed by atoms with Crippen LogP contribution in [0.1, 0.15) is 72.1 Å². The van der Waals surface area contributed by atoms with E-state index in [-0.39, 0.29) is 0 Å². The van der Waals surface area contributed by atoms with Gasteiger partial charge in [-0.05, 0) is 71.5 Å². The smallest absolute Gasteiger partial charge is 0.341 e. The number of hydrogen-bond donors (Lipinski definition) is 3. The van der Waals surface area contributed by atoms with Crippen molar-refractivity contribution in [3.8, 4) is 5.88 Å². The standard InChI is InChI=1S/C20H26N6O3.C15H20ClN3O2/c1-26-13-4-5-14(26)7-12(6-13)24-16-8-17(21-9-15(16)20(27)29-3)25-18-10-23-19(28-2)11-22-18;1-19-10-3-4-11(19)6-9(5-10)18-13-7-14(16)17-8-12(13)15(20)21-2/h8-14H,4-7H2,1-3H3,(H2,21,22,24,25);7-11H,3-6H2,1-2H3,(H,17,18). The van der Waals surface area contributed by atoms with Crippen LogP contribution in [0.3, 0.4) is 0 Å². The van der Waals surface area contributed by atoms with Gasteiger partial charge in [-0.3, -0.25) is 0 Å². The number of piperidine rings is 2. The maximum atomic E-state index is 12.2. The van der Waals surface area contributed by atoms with E-state index in [4.69, 9.17) is 25.8 Å². The molecule has 0 aromatic carbocycles. The van der Waals surface area contributed by atoms with Crippen LogP contribution < -0.4 is 20.7 Å². The molecule has 0 aliphatic carbocycles. The van der Waals surface area contributed by atoms with E-state index < -0.39 is 11.9 Å². The van der Waals surface area contributed by atoms with Crippen molar-refractivity contribution < 1.29 is 23.8 Å². The first-order valence-electron chi connectivity index (χ1n) is 17.1. The summed E-state index contributed by atoms with van der Waals surface area (Å²) in [6.07, 6.45) is 15.4. The van der Waals surface area contributed by atoms with Crippen LogP contribution in [0.2, 0.25) is 5.15 Å². The quantitative estimate of drug-likeness (QED) is 0.202. The summed E-state index contributed by atoms with van der Waals surface area (Å²) in [6.45, 7) is 0. The average molecular weight is 708 g/mol. The predicted molar refractivity (Wildman–Crippen MR) is 190 cm³/mol. The van der Waals surface area contributed by atoms with E-state index in [9.17, 15) is 9.59 Å². The number of nitrogens with one attached hydrogen (secondary N) is 3. The lowest BCUT2D eigenvalue weighted by Crippen LogP contribution is -2.44. The lowest BCUT2D eigenvalue weighted by atomic mass is 9.97. The summed E-state index contributed by atoms with van der Waals surface area (Å²) in [5, 5.41) is 10.5. The third-order valence-electron chi connectivity index (χ3n) is 10.6. The van der Waals surface area contributed by atoms with E-state index in [1.165, 1.54) is 65.6 Å². The summed E-state index contributed by atoms with van der Waals surface area (Å²) in [4.78, 5) is 45.7. The van der Waals surface area contributed by atoms with Crippen molar-refractivity contribution in [1.29, 1.82) is 0 Å². The van der Waals surface area contributed by atoms with Crippen LogP contribution in [-0.4, -0.2) is 113 Å². The van der Waals surface area contributed by atoms with E-state index in [2.05, 4.69) is 59.8 Å². The highest BCUT2D eigenvalue weighted by Gasteiger charge is 2.39. The molecule has 15 heteroatoms. The highest BCUT2D eigenvalue weighted by molar-refractivity contribution is 6.29. The van der Waals surface area contributed by atoms with Crippen molar-refractivity contribution in [2.75, 3.05) is 51.4 Å². The van der Waals surface area contributed by atoms with Crippen molar-refractivity contribution in [1.82, 2.24) is 29.7 Å². The highest BCUT2D eigenvalue weighted by Crippen LogP contribution is 2.37. The minimum atomic E-state index is -0.410. The van der Waals surface area contributed by atoms with Gasteiger partial charge >= 0.3 is 11.9 Å². The second kappa shape index (κ2) is 15.7. The van der Waals surface area contributed by atoms with Gasteiger partial charge in [0.1, 0.15) is 27.9 Å². The Kier molecular flexibility index (Phi) is 11.2. The molecule has 4 atom stereocenters. The first-order valence-corrected chi connectivity index (χ1v) is 17.5. The lowest BCUT2D eigenvalue weighted by Gasteiger charge is -2.37. The number of rotatable bonds is 9. The summed E-state index contributed by atoms with van der Waals surface area (Å²) in [5.74, 6) is 0.732. The van der Waals surface area contributed by atoms with Crippen LogP contribution in [0.25, 0.3) is 0 Å². The maximum absolute atomic E-state index is 12.2. The molecule has 4 aliphatic rings. The van der Waals surface area contributed by atoms with E-state index in [0.717, 1.165) is 31.4 Å². The molecule has 4 aliphatic heterocycles. The Morgan fingerprint density at radius 1 is 0.680 bits per heavy atom. The number of aromatic nitrogens is 4. The molecule has 3 N–H and O–H groups in total. The third kappa shape index (κ3) is 8.03. The van der Waals surface area contributed by atoms with Gasteiger partial charge in [0.2, 0.25) is 5.88 Å². The second-order valence-electron chi connectivity index (χ2n) is 13.4. The summed E-state index contributed by atoms with van der Waals surface area (Å²) in [6, 6.07) is 6.67. The Labute approximate surface area is 297 Å². The van der Waals surface area contributed by atoms with E-state index in [0.29, 0.717) is 75.7 Å². The van der Waals surface area contributed by atoms with Gasteiger partial charge in [0.15, 0.2) is 0 Å². The monoisotopic (exact) mass is 707 g/mol. The Bertz CT molecular complexity index is 1640. The summed E-state index contributed by atoms with van der Waals surface area (Å²) >= 11 is 5.96. The van der Waals surface area contributed by atoms with E-state index >= 15 is 0 Å².